The first kappa shape index (κ1) is 14.1. The van der Waals surface area contributed by atoms with Gasteiger partial charge in [0.2, 0.25) is 0 Å². The number of hydrogen-bond acceptors (Lipinski definition) is 3. The predicted molar refractivity (Wildman–Crippen MR) is 71.3 cm³/mol. The van der Waals surface area contributed by atoms with Gasteiger partial charge in [-0.2, -0.15) is 0 Å². The van der Waals surface area contributed by atoms with E-state index in [1.54, 1.807) is 24.3 Å². The minimum absolute atomic E-state index is 0.130. The van der Waals surface area contributed by atoms with E-state index in [9.17, 15) is 4.39 Å². The van der Waals surface area contributed by atoms with Crippen LogP contribution >= 0.6 is 11.6 Å². The van der Waals surface area contributed by atoms with Gasteiger partial charge in [-0.05, 0) is 31.2 Å². The zero-order valence-electron chi connectivity index (χ0n) is 10.5. The van der Waals surface area contributed by atoms with Crippen molar-refractivity contribution in [3.8, 4) is 0 Å². The SMILES string of the molecule is C[C@H](NCc1ccc(CO)o1)c1c(F)cccc1Cl. The van der Waals surface area contributed by atoms with Crippen molar-refractivity contribution in [1.29, 1.82) is 0 Å². The normalized spacial score (nSPS) is 12.6. The first-order valence-corrected chi connectivity index (χ1v) is 6.35. The van der Waals surface area contributed by atoms with Crippen LogP contribution in [-0.4, -0.2) is 5.11 Å². The Morgan fingerprint density at radius 3 is 2.68 bits per heavy atom. The molecule has 0 spiro atoms. The van der Waals surface area contributed by atoms with Gasteiger partial charge < -0.3 is 14.8 Å². The Labute approximate surface area is 116 Å². The standard InChI is InChI=1S/C14H15ClFNO2/c1-9(14-12(15)3-2-4-13(14)16)17-7-10-5-6-11(8-18)19-10/h2-6,9,17-18H,7-8H2,1H3/t9-/m0/s1. The topological polar surface area (TPSA) is 45.4 Å². The Morgan fingerprint density at radius 1 is 1.32 bits per heavy atom. The van der Waals surface area contributed by atoms with Crippen molar-refractivity contribution in [2.75, 3.05) is 0 Å². The Morgan fingerprint density at radius 2 is 2.05 bits per heavy atom. The second-order valence-corrected chi connectivity index (χ2v) is 4.67. The van der Waals surface area contributed by atoms with Crippen LogP contribution in [-0.2, 0) is 13.2 Å². The fraction of sp³-hybridized carbons (Fsp3) is 0.286. The summed E-state index contributed by atoms with van der Waals surface area (Å²) >= 11 is 6.00. The summed E-state index contributed by atoms with van der Waals surface area (Å²) < 4.78 is 19.0. The molecular formula is C14H15ClFNO2. The maximum atomic E-state index is 13.7. The first-order chi connectivity index (χ1) is 9.11. The highest BCUT2D eigenvalue weighted by molar-refractivity contribution is 6.31. The number of furan rings is 1. The molecule has 0 bridgehead atoms. The molecule has 0 radical (unpaired) electrons. The lowest BCUT2D eigenvalue weighted by atomic mass is 10.1. The Bertz CT molecular complexity index is 536. The van der Waals surface area contributed by atoms with Crippen LogP contribution in [0.3, 0.4) is 0 Å². The van der Waals surface area contributed by atoms with E-state index in [1.807, 2.05) is 6.92 Å². The monoisotopic (exact) mass is 283 g/mol. The lowest BCUT2D eigenvalue weighted by Gasteiger charge is -2.15. The summed E-state index contributed by atoms with van der Waals surface area (Å²) in [4.78, 5) is 0. The molecule has 2 rings (SSSR count). The van der Waals surface area contributed by atoms with E-state index < -0.39 is 0 Å². The number of hydrogen-bond donors (Lipinski definition) is 2. The number of nitrogens with one attached hydrogen (secondary N) is 1. The van der Waals surface area contributed by atoms with Crippen LogP contribution in [0.2, 0.25) is 5.02 Å². The van der Waals surface area contributed by atoms with Gasteiger partial charge in [0.05, 0.1) is 6.54 Å². The van der Waals surface area contributed by atoms with Crippen LogP contribution in [0.4, 0.5) is 4.39 Å². The maximum absolute atomic E-state index is 13.7. The van der Waals surface area contributed by atoms with Gasteiger partial charge >= 0.3 is 0 Å². The molecule has 1 aromatic heterocycles. The van der Waals surface area contributed by atoms with E-state index in [2.05, 4.69) is 5.32 Å². The van der Waals surface area contributed by atoms with Crippen LogP contribution in [0.15, 0.2) is 34.7 Å². The minimum atomic E-state index is -0.331. The third-order valence-corrected chi connectivity index (χ3v) is 3.22. The van der Waals surface area contributed by atoms with Crippen molar-refractivity contribution in [1.82, 2.24) is 5.32 Å². The predicted octanol–water partition coefficient (Wildman–Crippen LogP) is 3.42. The van der Waals surface area contributed by atoms with Crippen molar-refractivity contribution in [2.24, 2.45) is 0 Å². The molecular weight excluding hydrogens is 269 g/mol. The number of aliphatic hydroxyl groups is 1. The lowest BCUT2D eigenvalue weighted by molar-refractivity contribution is 0.242. The third-order valence-electron chi connectivity index (χ3n) is 2.89. The summed E-state index contributed by atoms with van der Waals surface area (Å²) in [5.74, 6) is 0.861. The number of benzene rings is 1. The Hall–Kier alpha value is -1.36. The molecule has 0 fully saturated rings. The molecule has 2 N–H and O–H groups in total. The smallest absolute Gasteiger partial charge is 0.129 e. The molecule has 1 heterocycles. The van der Waals surface area contributed by atoms with E-state index in [1.165, 1.54) is 6.07 Å². The fourth-order valence-electron chi connectivity index (χ4n) is 1.88. The molecule has 0 amide bonds. The largest absolute Gasteiger partial charge is 0.462 e. The maximum Gasteiger partial charge on any atom is 0.129 e. The summed E-state index contributed by atoms with van der Waals surface area (Å²) in [5, 5.41) is 12.4. The quantitative estimate of drug-likeness (QED) is 0.884. The molecule has 0 aliphatic heterocycles. The van der Waals surface area contributed by atoms with Gasteiger partial charge in [-0.25, -0.2) is 4.39 Å². The van der Waals surface area contributed by atoms with Gasteiger partial charge in [0.15, 0.2) is 0 Å². The van der Waals surface area contributed by atoms with Gasteiger partial charge in [-0.15, -0.1) is 0 Å². The van der Waals surface area contributed by atoms with E-state index in [4.69, 9.17) is 21.1 Å². The molecule has 0 saturated heterocycles. The second-order valence-electron chi connectivity index (χ2n) is 4.26. The summed E-state index contributed by atoms with van der Waals surface area (Å²) in [6.07, 6.45) is 0. The van der Waals surface area contributed by atoms with Crippen molar-refractivity contribution >= 4 is 11.6 Å². The highest BCUT2D eigenvalue weighted by atomic mass is 35.5. The van der Waals surface area contributed by atoms with Crippen LogP contribution in [0, 0.1) is 5.82 Å². The molecule has 102 valence electrons. The highest BCUT2D eigenvalue weighted by Crippen LogP contribution is 2.25. The fourth-order valence-corrected chi connectivity index (χ4v) is 2.21. The average Bonchev–Trinajstić information content (AvgIpc) is 2.84. The van der Waals surface area contributed by atoms with E-state index in [0.29, 0.717) is 28.7 Å². The van der Waals surface area contributed by atoms with E-state index >= 15 is 0 Å². The summed E-state index contributed by atoms with van der Waals surface area (Å²) in [7, 11) is 0. The number of halogens is 2. The summed E-state index contributed by atoms with van der Waals surface area (Å²) in [6, 6.07) is 7.86. The Balaban J connectivity index is 2.03. The molecule has 3 nitrogen and oxygen atoms in total. The van der Waals surface area contributed by atoms with Crippen LogP contribution < -0.4 is 5.32 Å². The molecule has 1 atom stereocenters. The molecule has 2 aromatic rings. The highest BCUT2D eigenvalue weighted by Gasteiger charge is 2.14. The van der Waals surface area contributed by atoms with E-state index in [-0.39, 0.29) is 18.5 Å². The summed E-state index contributed by atoms with van der Waals surface area (Å²) in [5.41, 5.74) is 0.443. The zero-order chi connectivity index (χ0) is 13.8. The number of aliphatic hydroxyl groups excluding tert-OH is 1. The molecule has 1 aromatic carbocycles. The van der Waals surface area contributed by atoms with Crippen LogP contribution in [0.25, 0.3) is 0 Å². The second kappa shape index (κ2) is 6.19. The first-order valence-electron chi connectivity index (χ1n) is 5.97. The van der Waals surface area contributed by atoms with E-state index in [0.717, 1.165) is 0 Å². The van der Waals surface area contributed by atoms with Gasteiger partial charge in [0.25, 0.3) is 0 Å². The van der Waals surface area contributed by atoms with Crippen LogP contribution in [0.5, 0.6) is 0 Å². The van der Waals surface area contributed by atoms with Gasteiger partial charge in [0.1, 0.15) is 23.9 Å². The van der Waals surface area contributed by atoms with Crippen molar-refractivity contribution in [2.45, 2.75) is 26.1 Å². The Kier molecular flexibility index (Phi) is 4.58. The zero-order valence-corrected chi connectivity index (χ0v) is 11.2. The molecule has 0 unspecified atom stereocenters. The molecule has 0 saturated carbocycles. The molecule has 0 aliphatic carbocycles. The molecule has 0 aliphatic rings. The minimum Gasteiger partial charge on any atom is -0.462 e. The summed E-state index contributed by atoms with van der Waals surface area (Å²) in [6.45, 7) is 2.14. The average molecular weight is 284 g/mol. The molecule has 19 heavy (non-hydrogen) atoms. The van der Waals surface area contributed by atoms with Crippen molar-refractivity contribution < 1.29 is 13.9 Å². The van der Waals surface area contributed by atoms with Crippen LogP contribution in [0.1, 0.15) is 30.0 Å². The molecule has 5 heteroatoms. The van der Waals surface area contributed by atoms with Gasteiger partial charge in [-0.3, -0.25) is 0 Å². The van der Waals surface area contributed by atoms with Crippen molar-refractivity contribution in [3.05, 3.63) is 58.3 Å². The van der Waals surface area contributed by atoms with Gasteiger partial charge in [0, 0.05) is 16.6 Å². The third kappa shape index (κ3) is 3.35. The number of rotatable bonds is 5. The van der Waals surface area contributed by atoms with Gasteiger partial charge in [-0.1, -0.05) is 17.7 Å². The lowest BCUT2D eigenvalue weighted by Crippen LogP contribution is -2.19. The van der Waals surface area contributed by atoms with Crippen molar-refractivity contribution in [3.63, 3.8) is 0 Å².